The van der Waals surface area contributed by atoms with Crippen molar-refractivity contribution in [3.05, 3.63) is 6.20 Å². The van der Waals surface area contributed by atoms with Crippen molar-refractivity contribution in [2.75, 3.05) is 43.4 Å². The quantitative estimate of drug-likeness (QED) is 0.750. The standard InChI is InChI=1S/C14H23N7/c1-2-15-14-18-12(11-10-17-20-13(11)19-14)16-6-9-21-7-4-3-5-8-21/h10H,2-9H2,1H3,(H3,15,16,17,18,19,20). The molecule has 7 heteroatoms. The van der Waals surface area contributed by atoms with Gasteiger partial charge in [0, 0.05) is 19.6 Å². The zero-order valence-corrected chi connectivity index (χ0v) is 12.5. The van der Waals surface area contributed by atoms with Gasteiger partial charge in [-0.25, -0.2) is 0 Å². The molecule has 0 aromatic carbocycles. The lowest BCUT2D eigenvalue weighted by Crippen LogP contribution is -2.33. The van der Waals surface area contributed by atoms with Gasteiger partial charge in [-0.05, 0) is 32.9 Å². The van der Waals surface area contributed by atoms with Crippen LogP contribution in [-0.2, 0) is 0 Å². The Balaban J connectivity index is 1.65. The fraction of sp³-hybridized carbons (Fsp3) is 0.643. The van der Waals surface area contributed by atoms with Crippen LogP contribution in [0.4, 0.5) is 11.8 Å². The van der Waals surface area contributed by atoms with Gasteiger partial charge in [0.2, 0.25) is 5.95 Å². The molecule has 7 nitrogen and oxygen atoms in total. The summed E-state index contributed by atoms with van der Waals surface area (Å²) in [6, 6.07) is 0. The van der Waals surface area contributed by atoms with Crippen LogP contribution in [-0.4, -0.2) is 57.8 Å². The van der Waals surface area contributed by atoms with E-state index in [4.69, 9.17) is 0 Å². The molecule has 0 atom stereocenters. The number of nitrogens with one attached hydrogen (secondary N) is 3. The maximum atomic E-state index is 4.53. The molecular weight excluding hydrogens is 266 g/mol. The number of fused-ring (bicyclic) bond motifs is 1. The van der Waals surface area contributed by atoms with Crippen LogP contribution in [0.5, 0.6) is 0 Å². The topological polar surface area (TPSA) is 81.8 Å². The number of piperidine rings is 1. The second-order valence-electron chi connectivity index (χ2n) is 5.39. The van der Waals surface area contributed by atoms with E-state index in [1.807, 2.05) is 6.92 Å². The predicted molar refractivity (Wildman–Crippen MR) is 84.6 cm³/mol. The number of hydrogen-bond acceptors (Lipinski definition) is 6. The van der Waals surface area contributed by atoms with Gasteiger partial charge >= 0.3 is 0 Å². The van der Waals surface area contributed by atoms with Crippen LogP contribution in [0.1, 0.15) is 26.2 Å². The van der Waals surface area contributed by atoms with Crippen LogP contribution in [0.2, 0.25) is 0 Å². The molecule has 2 aromatic rings. The molecule has 0 aliphatic carbocycles. The highest BCUT2D eigenvalue weighted by Gasteiger charge is 2.11. The molecule has 0 bridgehead atoms. The lowest BCUT2D eigenvalue weighted by atomic mass is 10.1. The molecule has 1 aliphatic rings. The largest absolute Gasteiger partial charge is 0.368 e. The third-order valence-corrected chi connectivity index (χ3v) is 3.81. The van der Waals surface area contributed by atoms with E-state index in [-0.39, 0.29) is 0 Å². The summed E-state index contributed by atoms with van der Waals surface area (Å²) >= 11 is 0. The molecule has 2 aromatic heterocycles. The number of nitrogens with zero attached hydrogens (tertiary/aromatic N) is 4. The fourth-order valence-corrected chi connectivity index (χ4v) is 2.72. The summed E-state index contributed by atoms with van der Waals surface area (Å²) in [5.41, 5.74) is 0.765. The molecule has 0 spiro atoms. The lowest BCUT2D eigenvalue weighted by Gasteiger charge is -2.26. The number of likely N-dealkylation sites (tertiary alicyclic amines) is 1. The van der Waals surface area contributed by atoms with Gasteiger partial charge in [-0.2, -0.15) is 15.1 Å². The number of hydrogen-bond donors (Lipinski definition) is 3. The minimum absolute atomic E-state index is 0.634. The first-order chi connectivity index (χ1) is 10.4. The highest BCUT2D eigenvalue weighted by molar-refractivity contribution is 5.86. The Labute approximate surface area is 124 Å². The third-order valence-electron chi connectivity index (χ3n) is 3.81. The summed E-state index contributed by atoms with van der Waals surface area (Å²) in [5, 5.41) is 14.5. The van der Waals surface area contributed by atoms with Crippen LogP contribution in [0.25, 0.3) is 11.0 Å². The monoisotopic (exact) mass is 289 g/mol. The second kappa shape index (κ2) is 6.71. The van der Waals surface area contributed by atoms with Crippen molar-refractivity contribution in [2.24, 2.45) is 0 Å². The third kappa shape index (κ3) is 3.41. The SMILES string of the molecule is CCNc1nc(NCCN2CCCCC2)c2cn[nH]c2n1. The number of anilines is 2. The first-order valence-electron chi connectivity index (χ1n) is 7.78. The Hall–Kier alpha value is -1.89. The first kappa shape index (κ1) is 14.1. The number of aromatic nitrogens is 4. The number of H-pyrrole nitrogens is 1. The van der Waals surface area contributed by atoms with Crippen LogP contribution in [0.3, 0.4) is 0 Å². The molecule has 1 saturated heterocycles. The molecule has 114 valence electrons. The van der Waals surface area contributed by atoms with Crippen molar-refractivity contribution in [3.63, 3.8) is 0 Å². The Bertz CT molecular complexity index is 574. The van der Waals surface area contributed by atoms with E-state index in [1.165, 1.54) is 32.4 Å². The number of aromatic amines is 1. The van der Waals surface area contributed by atoms with Gasteiger partial charge in [-0.15, -0.1) is 0 Å². The maximum Gasteiger partial charge on any atom is 0.226 e. The molecule has 0 saturated carbocycles. The highest BCUT2D eigenvalue weighted by atomic mass is 15.2. The minimum Gasteiger partial charge on any atom is -0.368 e. The zero-order chi connectivity index (χ0) is 14.5. The average molecular weight is 289 g/mol. The summed E-state index contributed by atoms with van der Waals surface area (Å²) < 4.78 is 0. The van der Waals surface area contributed by atoms with Crippen molar-refractivity contribution < 1.29 is 0 Å². The van der Waals surface area contributed by atoms with E-state index in [2.05, 4.69) is 35.7 Å². The van der Waals surface area contributed by atoms with E-state index in [0.29, 0.717) is 5.95 Å². The molecule has 0 unspecified atom stereocenters. The molecule has 3 rings (SSSR count). The van der Waals surface area contributed by atoms with Crippen molar-refractivity contribution >= 4 is 22.8 Å². The maximum absolute atomic E-state index is 4.53. The van der Waals surface area contributed by atoms with Gasteiger partial charge in [0.05, 0.1) is 11.6 Å². The van der Waals surface area contributed by atoms with Crippen LogP contribution < -0.4 is 10.6 Å². The zero-order valence-electron chi connectivity index (χ0n) is 12.5. The van der Waals surface area contributed by atoms with Crippen molar-refractivity contribution in [3.8, 4) is 0 Å². The van der Waals surface area contributed by atoms with Gasteiger partial charge < -0.3 is 15.5 Å². The van der Waals surface area contributed by atoms with Crippen LogP contribution >= 0.6 is 0 Å². The fourth-order valence-electron chi connectivity index (χ4n) is 2.72. The van der Waals surface area contributed by atoms with E-state index in [1.54, 1.807) is 6.20 Å². The highest BCUT2D eigenvalue weighted by Crippen LogP contribution is 2.19. The van der Waals surface area contributed by atoms with Gasteiger partial charge in [-0.3, -0.25) is 5.10 Å². The normalized spacial score (nSPS) is 16.2. The average Bonchev–Trinajstić information content (AvgIpc) is 2.97. The molecule has 0 amide bonds. The summed E-state index contributed by atoms with van der Waals surface area (Å²) in [6.45, 7) is 7.21. The molecule has 1 fully saturated rings. The minimum atomic E-state index is 0.634. The molecule has 0 radical (unpaired) electrons. The lowest BCUT2D eigenvalue weighted by molar-refractivity contribution is 0.237. The first-order valence-corrected chi connectivity index (χ1v) is 7.78. The second-order valence-corrected chi connectivity index (χ2v) is 5.39. The van der Waals surface area contributed by atoms with Crippen molar-refractivity contribution in [1.29, 1.82) is 0 Å². The Morgan fingerprint density at radius 1 is 1.19 bits per heavy atom. The molecule has 3 heterocycles. The Morgan fingerprint density at radius 3 is 2.86 bits per heavy atom. The van der Waals surface area contributed by atoms with Gasteiger partial charge in [0.15, 0.2) is 5.65 Å². The van der Waals surface area contributed by atoms with E-state index >= 15 is 0 Å². The van der Waals surface area contributed by atoms with E-state index in [0.717, 1.165) is 36.5 Å². The van der Waals surface area contributed by atoms with Gasteiger partial charge in [0.25, 0.3) is 0 Å². The summed E-state index contributed by atoms with van der Waals surface area (Å²) in [6.07, 6.45) is 5.79. The Kier molecular flexibility index (Phi) is 4.49. The number of rotatable bonds is 6. The summed E-state index contributed by atoms with van der Waals surface area (Å²) in [5.74, 6) is 1.48. The van der Waals surface area contributed by atoms with E-state index in [9.17, 15) is 0 Å². The summed E-state index contributed by atoms with van der Waals surface area (Å²) in [7, 11) is 0. The Morgan fingerprint density at radius 2 is 2.05 bits per heavy atom. The van der Waals surface area contributed by atoms with Crippen molar-refractivity contribution in [1.82, 2.24) is 25.1 Å². The molecule has 21 heavy (non-hydrogen) atoms. The molecular formula is C14H23N7. The van der Waals surface area contributed by atoms with E-state index < -0.39 is 0 Å². The molecule has 1 aliphatic heterocycles. The van der Waals surface area contributed by atoms with Crippen LogP contribution in [0.15, 0.2) is 6.20 Å². The van der Waals surface area contributed by atoms with Crippen LogP contribution in [0, 0.1) is 0 Å². The van der Waals surface area contributed by atoms with Crippen molar-refractivity contribution in [2.45, 2.75) is 26.2 Å². The summed E-state index contributed by atoms with van der Waals surface area (Å²) in [4.78, 5) is 11.4. The predicted octanol–water partition coefficient (Wildman–Crippen LogP) is 1.68. The van der Waals surface area contributed by atoms with Gasteiger partial charge in [-0.1, -0.05) is 6.42 Å². The van der Waals surface area contributed by atoms with Gasteiger partial charge in [0.1, 0.15) is 5.82 Å². The molecule has 3 N–H and O–H groups in total. The smallest absolute Gasteiger partial charge is 0.226 e.